The average molecular weight is 454 g/mol. The summed E-state index contributed by atoms with van der Waals surface area (Å²) in [4.78, 5) is 12.7. The Hall–Kier alpha value is -2.40. The number of carbonyl (C=O) groups is 1. The van der Waals surface area contributed by atoms with Crippen molar-refractivity contribution in [1.29, 1.82) is 0 Å². The molecule has 1 aromatic carbocycles. The zero-order valence-electron chi connectivity index (χ0n) is 16.4. The predicted molar refractivity (Wildman–Crippen MR) is 111 cm³/mol. The number of hydrogen-bond acceptors (Lipinski definition) is 7. The second kappa shape index (κ2) is 7.69. The molecule has 0 saturated carbocycles. The summed E-state index contributed by atoms with van der Waals surface area (Å²) < 4.78 is 54.1. The lowest BCUT2D eigenvalue weighted by molar-refractivity contribution is 0.0935. The summed E-state index contributed by atoms with van der Waals surface area (Å²) in [5.41, 5.74) is 1.54. The number of benzene rings is 1. The van der Waals surface area contributed by atoms with E-state index in [4.69, 9.17) is 4.74 Å². The van der Waals surface area contributed by atoms with Gasteiger partial charge in [0.25, 0.3) is 5.91 Å². The molecule has 2 aliphatic rings. The van der Waals surface area contributed by atoms with Crippen LogP contribution in [-0.2, 0) is 19.7 Å². The molecule has 0 bridgehead atoms. The third kappa shape index (κ3) is 4.36. The minimum Gasteiger partial charge on any atom is -0.497 e. The summed E-state index contributed by atoms with van der Waals surface area (Å²) in [6.07, 6.45) is 0.802. The monoisotopic (exact) mass is 453 g/mol. The zero-order valence-corrected chi connectivity index (χ0v) is 18.1. The van der Waals surface area contributed by atoms with Crippen LogP contribution in [0, 0.1) is 0 Å². The fourth-order valence-electron chi connectivity index (χ4n) is 3.90. The van der Waals surface area contributed by atoms with Gasteiger partial charge in [-0.05, 0) is 43.2 Å². The SMILES string of the molecule is COc1ccc(-c2cc(C(=O)N[C@H]3CCS(=O)(=O)C3)nn2[C@@H]2CCS(=O)(=O)C2)cc1. The largest absolute Gasteiger partial charge is 0.497 e. The molecule has 4 rings (SSSR count). The van der Waals surface area contributed by atoms with Crippen LogP contribution in [-0.4, -0.2) is 68.7 Å². The van der Waals surface area contributed by atoms with E-state index in [1.165, 1.54) is 0 Å². The van der Waals surface area contributed by atoms with Crippen molar-refractivity contribution < 1.29 is 26.4 Å². The summed E-state index contributed by atoms with van der Waals surface area (Å²) >= 11 is 0. The Kier molecular flexibility index (Phi) is 5.35. The lowest BCUT2D eigenvalue weighted by Crippen LogP contribution is -2.35. The van der Waals surface area contributed by atoms with Gasteiger partial charge in [-0.15, -0.1) is 0 Å². The summed E-state index contributed by atoms with van der Waals surface area (Å²) in [7, 11) is -4.70. The smallest absolute Gasteiger partial charge is 0.272 e. The number of sulfone groups is 2. The minimum absolute atomic E-state index is 0.0280. The quantitative estimate of drug-likeness (QED) is 0.711. The number of aromatic nitrogens is 2. The molecule has 9 nitrogen and oxygen atoms in total. The Labute approximate surface area is 175 Å². The Bertz CT molecular complexity index is 1170. The predicted octanol–water partition coefficient (Wildman–Crippen LogP) is 0.835. The lowest BCUT2D eigenvalue weighted by atomic mass is 10.1. The second-order valence-corrected chi connectivity index (χ2v) is 12.2. The van der Waals surface area contributed by atoms with Crippen molar-refractivity contribution >= 4 is 25.6 Å². The van der Waals surface area contributed by atoms with Gasteiger partial charge in [-0.1, -0.05) is 0 Å². The van der Waals surface area contributed by atoms with Gasteiger partial charge in [0.2, 0.25) is 0 Å². The van der Waals surface area contributed by atoms with Gasteiger partial charge in [-0.25, -0.2) is 16.8 Å². The van der Waals surface area contributed by atoms with Crippen molar-refractivity contribution in [2.75, 3.05) is 30.1 Å². The van der Waals surface area contributed by atoms with Crippen LogP contribution in [0.2, 0.25) is 0 Å². The molecule has 0 unspecified atom stereocenters. The van der Waals surface area contributed by atoms with Gasteiger partial charge in [0, 0.05) is 11.6 Å². The normalized spacial score (nSPS) is 24.6. The first-order valence-corrected chi connectivity index (χ1v) is 13.3. The van der Waals surface area contributed by atoms with Gasteiger partial charge in [0.15, 0.2) is 25.4 Å². The molecule has 162 valence electrons. The third-order valence-electron chi connectivity index (χ3n) is 5.48. The number of carbonyl (C=O) groups excluding carboxylic acids is 1. The highest BCUT2D eigenvalue weighted by Gasteiger charge is 2.33. The summed E-state index contributed by atoms with van der Waals surface area (Å²) in [6, 6.07) is 8.01. The molecule has 1 amide bonds. The van der Waals surface area contributed by atoms with E-state index in [0.29, 0.717) is 24.3 Å². The number of amides is 1. The molecule has 2 atom stereocenters. The molecule has 2 aromatic rings. The van der Waals surface area contributed by atoms with E-state index >= 15 is 0 Å². The molecule has 1 N–H and O–H groups in total. The molecule has 2 saturated heterocycles. The standard InChI is InChI=1S/C19H23N3O6S2/c1-28-16-4-2-13(3-5-16)18-10-17(19(23)20-14-6-8-29(24,25)11-14)21-22(18)15-7-9-30(26,27)12-15/h2-5,10,14-15H,6-9,11-12H2,1H3,(H,20,23)/t14-,15+/m0/s1. The van der Waals surface area contributed by atoms with Gasteiger partial charge in [-0.2, -0.15) is 5.10 Å². The fourth-order valence-corrected chi connectivity index (χ4v) is 7.26. The Morgan fingerprint density at radius 3 is 2.30 bits per heavy atom. The molecule has 1 aromatic heterocycles. The third-order valence-corrected chi connectivity index (χ3v) is 8.99. The Morgan fingerprint density at radius 1 is 1.07 bits per heavy atom. The van der Waals surface area contributed by atoms with Gasteiger partial charge < -0.3 is 10.1 Å². The highest BCUT2D eigenvalue weighted by Crippen LogP contribution is 2.31. The first-order chi connectivity index (χ1) is 14.2. The first kappa shape index (κ1) is 20.9. The Morgan fingerprint density at radius 2 is 1.73 bits per heavy atom. The van der Waals surface area contributed by atoms with Crippen LogP contribution in [0.15, 0.2) is 30.3 Å². The van der Waals surface area contributed by atoms with E-state index in [0.717, 1.165) is 5.56 Å². The van der Waals surface area contributed by atoms with Crippen molar-refractivity contribution in [2.24, 2.45) is 0 Å². The van der Waals surface area contributed by atoms with E-state index in [1.54, 1.807) is 30.0 Å². The number of hydrogen-bond donors (Lipinski definition) is 1. The number of nitrogens with zero attached hydrogens (tertiary/aromatic N) is 2. The van der Waals surface area contributed by atoms with Crippen molar-refractivity contribution in [3.05, 3.63) is 36.0 Å². The van der Waals surface area contributed by atoms with E-state index in [9.17, 15) is 21.6 Å². The van der Waals surface area contributed by atoms with Gasteiger partial charge in [0.05, 0.1) is 41.9 Å². The lowest BCUT2D eigenvalue weighted by Gasteiger charge is -2.13. The van der Waals surface area contributed by atoms with Crippen LogP contribution in [0.1, 0.15) is 29.4 Å². The van der Waals surface area contributed by atoms with Crippen molar-refractivity contribution in [2.45, 2.75) is 24.9 Å². The van der Waals surface area contributed by atoms with E-state index in [2.05, 4.69) is 10.4 Å². The van der Waals surface area contributed by atoms with Crippen molar-refractivity contribution in [3.8, 4) is 17.0 Å². The number of nitrogens with one attached hydrogen (secondary N) is 1. The van der Waals surface area contributed by atoms with Crippen molar-refractivity contribution in [1.82, 2.24) is 15.1 Å². The van der Waals surface area contributed by atoms with E-state index in [1.807, 2.05) is 12.1 Å². The maximum absolute atomic E-state index is 12.7. The van der Waals surface area contributed by atoms with Crippen molar-refractivity contribution in [3.63, 3.8) is 0 Å². The molecule has 11 heteroatoms. The van der Waals surface area contributed by atoms with Crippen LogP contribution < -0.4 is 10.1 Å². The topological polar surface area (TPSA) is 124 Å². The Balaban J connectivity index is 1.65. The maximum Gasteiger partial charge on any atom is 0.272 e. The fraction of sp³-hybridized carbons (Fsp3) is 0.474. The van der Waals surface area contributed by atoms with E-state index < -0.39 is 31.6 Å². The highest BCUT2D eigenvalue weighted by atomic mass is 32.2. The molecular formula is C19H23N3O6S2. The summed E-state index contributed by atoms with van der Waals surface area (Å²) in [6.45, 7) is 0. The second-order valence-electron chi connectivity index (χ2n) is 7.72. The zero-order chi connectivity index (χ0) is 21.5. The highest BCUT2D eigenvalue weighted by molar-refractivity contribution is 7.91. The summed E-state index contributed by atoms with van der Waals surface area (Å²) in [5, 5.41) is 7.15. The van der Waals surface area contributed by atoms with Crippen LogP contribution in [0.4, 0.5) is 0 Å². The van der Waals surface area contributed by atoms with E-state index in [-0.39, 0.29) is 34.7 Å². The molecule has 30 heavy (non-hydrogen) atoms. The average Bonchev–Trinajstić information content (AvgIpc) is 3.38. The van der Waals surface area contributed by atoms with Crippen LogP contribution in [0.5, 0.6) is 5.75 Å². The molecule has 2 fully saturated rings. The van der Waals surface area contributed by atoms with Gasteiger partial charge in [0.1, 0.15) is 5.75 Å². The number of ether oxygens (including phenoxy) is 1. The maximum atomic E-state index is 12.7. The number of methoxy groups -OCH3 is 1. The van der Waals surface area contributed by atoms with Gasteiger partial charge >= 0.3 is 0 Å². The minimum atomic E-state index is -3.14. The molecular weight excluding hydrogens is 430 g/mol. The summed E-state index contributed by atoms with van der Waals surface area (Å²) in [5.74, 6) is 0.246. The molecule has 3 heterocycles. The number of rotatable bonds is 5. The van der Waals surface area contributed by atoms with Crippen LogP contribution in [0.3, 0.4) is 0 Å². The molecule has 0 spiro atoms. The van der Waals surface area contributed by atoms with Crippen LogP contribution >= 0.6 is 0 Å². The molecule has 0 radical (unpaired) electrons. The molecule has 2 aliphatic heterocycles. The van der Waals surface area contributed by atoms with Gasteiger partial charge in [-0.3, -0.25) is 9.48 Å². The first-order valence-electron chi connectivity index (χ1n) is 9.61. The van der Waals surface area contributed by atoms with Crippen LogP contribution in [0.25, 0.3) is 11.3 Å². The molecule has 0 aliphatic carbocycles.